The zero-order valence-corrected chi connectivity index (χ0v) is 20.0. The third kappa shape index (κ3) is 2.91. The van der Waals surface area contributed by atoms with Crippen molar-refractivity contribution in [3.63, 3.8) is 0 Å². The normalized spacial score (nSPS) is 25.7. The Balaban J connectivity index is 1.65. The van der Waals surface area contributed by atoms with E-state index in [4.69, 9.17) is 11.6 Å². The molecule has 0 saturated carbocycles. The summed E-state index contributed by atoms with van der Waals surface area (Å²) < 4.78 is 0. The van der Waals surface area contributed by atoms with Gasteiger partial charge in [0, 0.05) is 22.0 Å². The molecule has 4 atom stereocenters. The number of hydrogen-bond donors (Lipinski definition) is 1. The van der Waals surface area contributed by atoms with Crippen LogP contribution in [0, 0.1) is 12.8 Å². The molecule has 0 radical (unpaired) electrons. The van der Waals surface area contributed by atoms with Crippen LogP contribution >= 0.6 is 11.6 Å². The van der Waals surface area contributed by atoms with E-state index in [9.17, 15) is 14.4 Å². The fraction of sp³-hybridized carbons (Fsp3) is 0.207. The Kier molecular flexibility index (Phi) is 4.77. The molecule has 35 heavy (non-hydrogen) atoms. The first-order valence-corrected chi connectivity index (χ1v) is 12.0. The number of aryl methyl sites for hydroxylation is 1. The van der Waals surface area contributed by atoms with Gasteiger partial charge in [-0.25, -0.2) is 0 Å². The smallest absolute Gasteiger partial charge is 0.238 e. The van der Waals surface area contributed by atoms with Crippen LogP contribution in [-0.2, 0) is 15.0 Å². The van der Waals surface area contributed by atoms with E-state index in [-0.39, 0.29) is 17.5 Å². The summed E-state index contributed by atoms with van der Waals surface area (Å²) in [6.45, 7) is 3.46. The fourth-order valence-electron chi connectivity index (χ4n) is 6.20. The van der Waals surface area contributed by atoms with Crippen LogP contribution in [0.5, 0.6) is 0 Å². The molecular formula is C29H23ClN2O3. The molecule has 1 N–H and O–H groups in total. The molecule has 174 valence electrons. The van der Waals surface area contributed by atoms with E-state index in [0.29, 0.717) is 16.3 Å². The van der Waals surface area contributed by atoms with Gasteiger partial charge in [-0.15, -0.1) is 0 Å². The predicted molar refractivity (Wildman–Crippen MR) is 137 cm³/mol. The summed E-state index contributed by atoms with van der Waals surface area (Å²) in [6, 6.07) is 18.9. The number of nitrogens with one attached hydrogen (secondary N) is 1. The second kappa shape index (κ2) is 7.65. The number of rotatable bonds is 3. The van der Waals surface area contributed by atoms with Crippen LogP contribution in [0.15, 0.2) is 72.8 Å². The molecule has 3 aromatic carbocycles. The number of benzene rings is 3. The minimum atomic E-state index is -1.26. The number of ketones is 2. The summed E-state index contributed by atoms with van der Waals surface area (Å²) in [6.07, 6.45) is 3.88. The van der Waals surface area contributed by atoms with Gasteiger partial charge in [-0.1, -0.05) is 71.8 Å². The van der Waals surface area contributed by atoms with Crippen molar-refractivity contribution in [2.75, 3.05) is 10.2 Å². The van der Waals surface area contributed by atoms with Gasteiger partial charge < -0.3 is 10.2 Å². The standard InChI is InChI=1S/C29H23ClN2O3/c1-16-7-9-18(10-8-16)27(34)25-26(17(2)33)32-23-13-12-20(30)15-19(23)11-14-24(32)29(25)21-5-3-4-6-22(21)31-28(29)35/h3-15,24-26H,1-2H3,(H,31,35)/t24-,25+,26+,29-/m0/s1. The number of Topliss-reactive ketones (excluding diaryl/α,β-unsaturated/α-hetero) is 2. The van der Waals surface area contributed by atoms with Crippen LogP contribution in [0.4, 0.5) is 11.4 Å². The van der Waals surface area contributed by atoms with Crippen molar-refractivity contribution < 1.29 is 14.4 Å². The molecule has 3 aliphatic heterocycles. The molecule has 3 heterocycles. The molecule has 0 bridgehead atoms. The van der Waals surface area contributed by atoms with E-state index in [2.05, 4.69) is 5.32 Å². The number of amides is 1. The number of nitrogens with zero attached hydrogens (tertiary/aromatic N) is 1. The average Bonchev–Trinajstić information content (AvgIpc) is 3.32. The Morgan fingerprint density at radius 3 is 2.51 bits per heavy atom. The first kappa shape index (κ1) is 21.8. The van der Waals surface area contributed by atoms with E-state index in [1.54, 1.807) is 18.2 Å². The van der Waals surface area contributed by atoms with Crippen LogP contribution in [0.25, 0.3) is 6.08 Å². The van der Waals surface area contributed by atoms with Gasteiger partial charge in [0.1, 0.15) is 5.41 Å². The number of carbonyl (C=O) groups excluding carboxylic acids is 3. The number of para-hydroxylation sites is 1. The topological polar surface area (TPSA) is 66.5 Å². The maximum Gasteiger partial charge on any atom is 0.238 e. The second-order valence-corrected chi connectivity index (χ2v) is 9.98. The van der Waals surface area contributed by atoms with Gasteiger partial charge in [-0.2, -0.15) is 0 Å². The Labute approximate surface area is 208 Å². The van der Waals surface area contributed by atoms with Crippen molar-refractivity contribution in [2.24, 2.45) is 5.92 Å². The van der Waals surface area contributed by atoms with Gasteiger partial charge in [0.2, 0.25) is 5.91 Å². The van der Waals surface area contributed by atoms with Crippen LogP contribution in [0.1, 0.15) is 34.0 Å². The average molecular weight is 483 g/mol. The lowest BCUT2D eigenvalue weighted by atomic mass is 9.64. The van der Waals surface area contributed by atoms with E-state index < -0.39 is 23.4 Å². The Hall–Kier alpha value is -3.70. The van der Waals surface area contributed by atoms with E-state index in [1.807, 2.05) is 72.5 Å². The molecule has 0 aromatic heterocycles. The lowest BCUT2D eigenvalue weighted by Crippen LogP contribution is -2.51. The minimum absolute atomic E-state index is 0.161. The molecule has 3 aliphatic rings. The molecule has 1 fully saturated rings. The van der Waals surface area contributed by atoms with Gasteiger partial charge in [0.15, 0.2) is 11.6 Å². The van der Waals surface area contributed by atoms with Gasteiger partial charge in [0.25, 0.3) is 0 Å². The third-order valence-corrected chi connectivity index (χ3v) is 7.86. The van der Waals surface area contributed by atoms with Crippen LogP contribution < -0.4 is 10.2 Å². The van der Waals surface area contributed by atoms with Crippen molar-refractivity contribution in [1.82, 2.24) is 0 Å². The van der Waals surface area contributed by atoms with Gasteiger partial charge in [-0.3, -0.25) is 14.4 Å². The molecular weight excluding hydrogens is 460 g/mol. The minimum Gasteiger partial charge on any atom is -0.352 e. The SMILES string of the molecule is CC(=O)[C@@H]1[C@H](C(=O)c2ccc(C)cc2)[C@@]2(C(=O)Nc3ccccc32)[C@@H]2C=Cc3cc(Cl)ccc3N12. The summed E-state index contributed by atoms with van der Waals surface area (Å²) in [4.78, 5) is 43.6. The molecule has 0 unspecified atom stereocenters. The van der Waals surface area contributed by atoms with Crippen LogP contribution in [0.2, 0.25) is 5.02 Å². The van der Waals surface area contributed by atoms with E-state index in [1.165, 1.54) is 6.92 Å². The Morgan fingerprint density at radius 2 is 1.77 bits per heavy atom. The fourth-order valence-corrected chi connectivity index (χ4v) is 6.38. The molecule has 6 heteroatoms. The largest absolute Gasteiger partial charge is 0.352 e. The molecule has 5 nitrogen and oxygen atoms in total. The van der Waals surface area contributed by atoms with Gasteiger partial charge >= 0.3 is 0 Å². The number of hydrogen-bond acceptors (Lipinski definition) is 4. The van der Waals surface area contributed by atoms with E-state index >= 15 is 0 Å². The summed E-state index contributed by atoms with van der Waals surface area (Å²) >= 11 is 6.26. The second-order valence-electron chi connectivity index (χ2n) is 9.55. The van der Waals surface area contributed by atoms with E-state index in [0.717, 1.165) is 22.4 Å². The lowest BCUT2D eigenvalue weighted by molar-refractivity contribution is -0.122. The lowest BCUT2D eigenvalue weighted by Gasteiger charge is -2.37. The monoisotopic (exact) mass is 482 g/mol. The van der Waals surface area contributed by atoms with Gasteiger partial charge in [0.05, 0.1) is 18.0 Å². The third-order valence-electron chi connectivity index (χ3n) is 7.63. The maximum absolute atomic E-state index is 14.3. The maximum atomic E-state index is 14.3. The highest BCUT2D eigenvalue weighted by Gasteiger charge is 2.69. The van der Waals surface area contributed by atoms with Gasteiger partial charge in [-0.05, 0) is 49.2 Å². The number of anilines is 2. The summed E-state index contributed by atoms with van der Waals surface area (Å²) in [5.74, 6) is -1.55. The molecule has 3 aromatic rings. The summed E-state index contributed by atoms with van der Waals surface area (Å²) in [5.41, 5.74) is 3.32. The molecule has 0 aliphatic carbocycles. The molecule has 1 spiro atoms. The Morgan fingerprint density at radius 1 is 1.03 bits per heavy atom. The van der Waals surface area contributed by atoms with Crippen molar-refractivity contribution in [3.8, 4) is 0 Å². The van der Waals surface area contributed by atoms with Crippen molar-refractivity contribution in [2.45, 2.75) is 31.3 Å². The van der Waals surface area contributed by atoms with Crippen molar-refractivity contribution in [1.29, 1.82) is 0 Å². The van der Waals surface area contributed by atoms with Crippen LogP contribution in [0.3, 0.4) is 0 Å². The highest BCUT2D eigenvalue weighted by atomic mass is 35.5. The quantitative estimate of drug-likeness (QED) is 0.520. The highest BCUT2D eigenvalue weighted by molar-refractivity contribution is 6.31. The number of fused-ring (bicyclic) bond motifs is 6. The molecule has 1 saturated heterocycles. The highest BCUT2D eigenvalue weighted by Crippen LogP contribution is 2.57. The molecule has 1 amide bonds. The summed E-state index contributed by atoms with van der Waals surface area (Å²) in [7, 11) is 0. The first-order valence-electron chi connectivity index (χ1n) is 11.6. The predicted octanol–water partition coefficient (Wildman–Crippen LogP) is 5.21. The zero-order valence-electron chi connectivity index (χ0n) is 19.3. The number of carbonyl (C=O) groups is 3. The summed E-state index contributed by atoms with van der Waals surface area (Å²) in [5, 5.41) is 3.60. The zero-order chi connectivity index (χ0) is 24.5. The molecule has 6 rings (SSSR count). The van der Waals surface area contributed by atoms with Crippen molar-refractivity contribution in [3.05, 3.63) is 100 Å². The Bertz CT molecular complexity index is 1440. The number of halogens is 1. The van der Waals surface area contributed by atoms with Crippen molar-refractivity contribution >= 4 is 46.5 Å². The first-order chi connectivity index (χ1) is 16.8. The van der Waals surface area contributed by atoms with Crippen LogP contribution in [-0.4, -0.2) is 29.6 Å².